The standard InChI is InChI=1S/C13H16ClNO3/c1-9(10-4-2-3-5-11(10)14)15-6-7-18-8-12(15)13(16)17/h2-5,9,12H,6-8H2,1H3,(H,16,17). The molecule has 0 bridgehead atoms. The van der Waals surface area contributed by atoms with Gasteiger partial charge < -0.3 is 9.84 Å². The zero-order valence-electron chi connectivity index (χ0n) is 10.2. The SMILES string of the molecule is CC(c1ccccc1Cl)N1CCOCC1C(=O)O. The zero-order chi connectivity index (χ0) is 13.1. The van der Waals surface area contributed by atoms with E-state index < -0.39 is 12.0 Å². The monoisotopic (exact) mass is 269 g/mol. The fraction of sp³-hybridized carbons (Fsp3) is 0.462. The summed E-state index contributed by atoms with van der Waals surface area (Å²) < 4.78 is 5.23. The van der Waals surface area contributed by atoms with Crippen LogP contribution in [0.4, 0.5) is 0 Å². The average molecular weight is 270 g/mol. The van der Waals surface area contributed by atoms with E-state index in [0.29, 0.717) is 18.2 Å². The second kappa shape index (κ2) is 5.69. The largest absolute Gasteiger partial charge is 0.480 e. The summed E-state index contributed by atoms with van der Waals surface area (Å²) in [4.78, 5) is 13.2. The second-order valence-electron chi connectivity index (χ2n) is 4.36. The highest BCUT2D eigenvalue weighted by Gasteiger charge is 2.33. The molecule has 1 aromatic carbocycles. The van der Waals surface area contributed by atoms with Gasteiger partial charge in [-0.15, -0.1) is 0 Å². The maximum Gasteiger partial charge on any atom is 0.323 e. The van der Waals surface area contributed by atoms with Gasteiger partial charge in [-0.05, 0) is 18.6 Å². The van der Waals surface area contributed by atoms with Gasteiger partial charge in [-0.1, -0.05) is 29.8 Å². The molecule has 1 heterocycles. The number of benzene rings is 1. The maximum absolute atomic E-state index is 11.2. The first-order valence-corrected chi connectivity index (χ1v) is 6.29. The Bertz CT molecular complexity index is 438. The number of morpholine rings is 1. The Morgan fingerprint density at radius 1 is 1.56 bits per heavy atom. The van der Waals surface area contributed by atoms with Crippen LogP contribution in [0.15, 0.2) is 24.3 Å². The van der Waals surface area contributed by atoms with Crippen molar-refractivity contribution < 1.29 is 14.6 Å². The van der Waals surface area contributed by atoms with E-state index in [1.54, 1.807) is 0 Å². The molecule has 1 aliphatic rings. The lowest BCUT2D eigenvalue weighted by molar-refractivity contribution is -0.151. The molecule has 1 aliphatic heterocycles. The number of carbonyl (C=O) groups is 1. The predicted octanol–water partition coefficient (Wildman–Crippen LogP) is 2.19. The number of nitrogens with zero attached hydrogens (tertiary/aromatic N) is 1. The second-order valence-corrected chi connectivity index (χ2v) is 4.77. The summed E-state index contributed by atoms with van der Waals surface area (Å²) in [6.07, 6.45) is 0. The Kier molecular flexibility index (Phi) is 4.22. The lowest BCUT2D eigenvalue weighted by Crippen LogP contribution is -2.50. The summed E-state index contributed by atoms with van der Waals surface area (Å²) in [5.74, 6) is -0.853. The van der Waals surface area contributed by atoms with Gasteiger partial charge in [-0.3, -0.25) is 9.69 Å². The van der Waals surface area contributed by atoms with Crippen LogP contribution in [0.1, 0.15) is 18.5 Å². The smallest absolute Gasteiger partial charge is 0.323 e. The molecule has 18 heavy (non-hydrogen) atoms. The minimum absolute atomic E-state index is 0.0382. The van der Waals surface area contributed by atoms with Gasteiger partial charge in [-0.25, -0.2) is 0 Å². The first-order chi connectivity index (χ1) is 8.61. The van der Waals surface area contributed by atoms with Crippen LogP contribution in [-0.4, -0.2) is 41.8 Å². The quantitative estimate of drug-likeness (QED) is 0.914. The number of rotatable bonds is 3. The van der Waals surface area contributed by atoms with E-state index in [4.69, 9.17) is 16.3 Å². The van der Waals surface area contributed by atoms with Crippen LogP contribution in [0.5, 0.6) is 0 Å². The minimum Gasteiger partial charge on any atom is -0.480 e. The van der Waals surface area contributed by atoms with E-state index in [9.17, 15) is 9.90 Å². The topological polar surface area (TPSA) is 49.8 Å². The Morgan fingerprint density at radius 3 is 2.94 bits per heavy atom. The number of hydrogen-bond donors (Lipinski definition) is 1. The Morgan fingerprint density at radius 2 is 2.28 bits per heavy atom. The van der Waals surface area contributed by atoms with Crippen molar-refractivity contribution in [1.82, 2.24) is 4.90 Å². The number of carboxylic acid groups (broad SMARTS) is 1. The molecule has 1 saturated heterocycles. The van der Waals surface area contributed by atoms with Gasteiger partial charge in [0.1, 0.15) is 6.04 Å². The van der Waals surface area contributed by atoms with Gasteiger partial charge >= 0.3 is 5.97 Å². The Hall–Kier alpha value is -1.10. The van der Waals surface area contributed by atoms with Gasteiger partial charge in [0.2, 0.25) is 0 Å². The van der Waals surface area contributed by atoms with Gasteiger partial charge in [0.25, 0.3) is 0 Å². The number of aliphatic carboxylic acids is 1. The van der Waals surface area contributed by atoms with Crippen molar-refractivity contribution in [2.24, 2.45) is 0 Å². The third-order valence-corrected chi connectivity index (χ3v) is 3.65. The average Bonchev–Trinajstić information content (AvgIpc) is 2.38. The predicted molar refractivity (Wildman–Crippen MR) is 68.8 cm³/mol. The summed E-state index contributed by atoms with van der Waals surface area (Å²) in [6.45, 7) is 3.36. The summed E-state index contributed by atoms with van der Waals surface area (Å²) in [5.41, 5.74) is 0.951. The molecule has 2 unspecified atom stereocenters. The highest BCUT2D eigenvalue weighted by Crippen LogP contribution is 2.29. The van der Waals surface area contributed by atoms with Crippen molar-refractivity contribution >= 4 is 17.6 Å². The highest BCUT2D eigenvalue weighted by molar-refractivity contribution is 6.31. The van der Waals surface area contributed by atoms with E-state index in [1.165, 1.54) is 0 Å². The molecule has 5 heteroatoms. The number of ether oxygens (including phenoxy) is 1. The van der Waals surface area contributed by atoms with Crippen LogP contribution in [0, 0.1) is 0 Å². The number of carboxylic acids is 1. The fourth-order valence-corrected chi connectivity index (χ4v) is 2.58. The highest BCUT2D eigenvalue weighted by atomic mass is 35.5. The Balaban J connectivity index is 2.23. The molecule has 0 amide bonds. The first-order valence-electron chi connectivity index (χ1n) is 5.92. The molecule has 1 aromatic rings. The molecule has 0 saturated carbocycles. The molecular formula is C13H16ClNO3. The normalized spacial score (nSPS) is 22.7. The van der Waals surface area contributed by atoms with E-state index in [-0.39, 0.29) is 12.6 Å². The van der Waals surface area contributed by atoms with Crippen molar-refractivity contribution in [3.63, 3.8) is 0 Å². The van der Waals surface area contributed by atoms with Crippen molar-refractivity contribution in [3.8, 4) is 0 Å². The molecule has 98 valence electrons. The van der Waals surface area contributed by atoms with E-state index in [0.717, 1.165) is 5.56 Å². The molecule has 0 aliphatic carbocycles. The molecule has 1 N–H and O–H groups in total. The fourth-order valence-electron chi connectivity index (χ4n) is 2.29. The lowest BCUT2D eigenvalue weighted by Gasteiger charge is -2.37. The maximum atomic E-state index is 11.2. The van der Waals surface area contributed by atoms with Crippen LogP contribution < -0.4 is 0 Å². The molecule has 2 atom stereocenters. The van der Waals surface area contributed by atoms with Gasteiger partial charge in [0, 0.05) is 17.6 Å². The number of hydrogen-bond acceptors (Lipinski definition) is 3. The lowest BCUT2D eigenvalue weighted by atomic mass is 10.0. The van der Waals surface area contributed by atoms with Crippen molar-refractivity contribution in [3.05, 3.63) is 34.9 Å². The molecule has 2 rings (SSSR count). The molecule has 0 spiro atoms. The van der Waals surface area contributed by atoms with Gasteiger partial charge in [0.05, 0.1) is 13.2 Å². The zero-order valence-corrected chi connectivity index (χ0v) is 10.9. The summed E-state index contributed by atoms with van der Waals surface area (Å²) in [7, 11) is 0. The van der Waals surface area contributed by atoms with Gasteiger partial charge in [-0.2, -0.15) is 0 Å². The summed E-state index contributed by atoms with van der Waals surface area (Å²) >= 11 is 6.16. The molecule has 0 radical (unpaired) electrons. The van der Waals surface area contributed by atoms with Crippen molar-refractivity contribution in [1.29, 1.82) is 0 Å². The van der Waals surface area contributed by atoms with Crippen molar-refractivity contribution in [2.45, 2.75) is 19.0 Å². The summed E-state index contributed by atoms with van der Waals surface area (Å²) in [5, 5.41) is 9.89. The van der Waals surface area contributed by atoms with Gasteiger partial charge in [0.15, 0.2) is 0 Å². The molecular weight excluding hydrogens is 254 g/mol. The van der Waals surface area contributed by atoms with E-state index in [2.05, 4.69) is 0 Å². The first kappa shape index (κ1) is 13.3. The van der Waals surface area contributed by atoms with Crippen molar-refractivity contribution in [2.75, 3.05) is 19.8 Å². The van der Waals surface area contributed by atoms with Crippen LogP contribution >= 0.6 is 11.6 Å². The third-order valence-electron chi connectivity index (χ3n) is 3.31. The van der Waals surface area contributed by atoms with Crippen LogP contribution in [0.25, 0.3) is 0 Å². The third kappa shape index (κ3) is 2.66. The molecule has 0 aromatic heterocycles. The summed E-state index contributed by atoms with van der Waals surface area (Å²) in [6, 6.07) is 6.89. The van der Waals surface area contributed by atoms with Crippen LogP contribution in [0.2, 0.25) is 5.02 Å². The van der Waals surface area contributed by atoms with Crippen LogP contribution in [0.3, 0.4) is 0 Å². The molecule has 1 fully saturated rings. The molecule has 4 nitrogen and oxygen atoms in total. The number of halogens is 1. The van der Waals surface area contributed by atoms with Crippen LogP contribution in [-0.2, 0) is 9.53 Å². The minimum atomic E-state index is -0.853. The van der Waals surface area contributed by atoms with E-state index >= 15 is 0 Å². The Labute approximate surface area is 111 Å². The van der Waals surface area contributed by atoms with E-state index in [1.807, 2.05) is 36.1 Å².